The van der Waals surface area contributed by atoms with E-state index in [4.69, 9.17) is 4.74 Å². The van der Waals surface area contributed by atoms with E-state index in [9.17, 15) is 14.0 Å². The van der Waals surface area contributed by atoms with Crippen molar-refractivity contribution in [2.75, 3.05) is 39.4 Å². The van der Waals surface area contributed by atoms with Gasteiger partial charge in [0.2, 0.25) is 5.91 Å². The van der Waals surface area contributed by atoms with E-state index in [1.54, 1.807) is 28.4 Å². The third kappa shape index (κ3) is 4.84. The monoisotopic (exact) mass is 455 g/mol. The van der Waals surface area contributed by atoms with Crippen LogP contribution >= 0.6 is 0 Å². The van der Waals surface area contributed by atoms with Gasteiger partial charge in [0.25, 0.3) is 5.56 Å². The molecule has 3 heterocycles. The number of nitrogens with one attached hydrogen (secondary N) is 1. The van der Waals surface area contributed by atoms with Crippen LogP contribution in [0.4, 0.5) is 4.39 Å². The van der Waals surface area contributed by atoms with Crippen molar-refractivity contribution in [2.24, 2.45) is 7.05 Å². The van der Waals surface area contributed by atoms with E-state index in [0.29, 0.717) is 29.9 Å². The third-order valence-corrected chi connectivity index (χ3v) is 6.25. The molecule has 0 aliphatic carbocycles. The average Bonchev–Trinajstić information content (AvgIpc) is 3.16. The minimum Gasteiger partial charge on any atom is -0.379 e. The quantitative estimate of drug-likeness (QED) is 0.588. The number of aryl methyl sites for hydroxylation is 3. The van der Waals surface area contributed by atoms with Crippen LogP contribution in [-0.4, -0.2) is 64.5 Å². The summed E-state index contributed by atoms with van der Waals surface area (Å²) in [5.41, 5.74) is 3.16. The van der Waals surface area contributed by atoms with Crippen LogP contribution in [0.25, 0.3) is 16.7 Å². The Hall–Kier alpha value is -3.04. The van der Waals surface area contributed by atoms with Crippen molar-refractivity contribution >= 4 is 16.9 Å². The van der Waals surface area contributed by atoms with Gasteiger partial charge < -0.3 is 10.1 Å². The van der Waals surface area contributed by atoms with Gasteiger partial charge in [-0.3, -0.25) is 19.1 Å². The van der Waals surface area contributed by atoms with Gasteiger partial charge in [-0.25, -0.2) is 9.07 Å². The Balaban J connectivity index is 1.52. The summed E-state index contributed by atoms with van der Waals surface area (Å²) in [6.07, 6.45) is 0.587. The highest BCUT2D eigenvalue weighted by Crippen LogP contribution is 2.26. The van der Waals surface area contributed by atoms with Gasteiger partial charge in [0.05, 0.1) is 24.6 Å². The summed E-state index contributed by atoms with van der Waals surface area (Å²) in [5, 5.41) is 8.38. The minimum absolute atomic E-state index is 0.0722. The summed E-state index contributed by atoms with van der Waals surface area (Å²) in [6, 6.07) is 6.13. The van der Waals surface area contributed by atoms with Gasteiger partial charge in [0.15, 0.2) is 0 Å². The second-order valence-electron chi connectivity index (χ2n) is 8.45. The summed E-state index contributed by atoms with van der Waals surface area (Å²) in [4.78, 5) is 27.9. The van der Waals surface area contributed by atoms with Crippen LogP contribution in [0.1, 0.15) is 23.2 Å². The number of benzene rings is 1. The first kappa shape index (κ1) is 23.1. The zero-order valence-electron chi connectivity index (χ0n) is 19.4. The Labute approximate surface area is 191 Å². The number of halogens is 1. The largest absolute Gasteiger partial charge is 0.379 e. The highest BCUT2D eigenvalue weighted by molar-refractivity contribution is 5.85. The van der Waals surface area contributed by atoms with Crippen LogP contribution in [0, 0.1) is 19.7 Å². The lowest BCUT2D eigenvalue weighted by Gasteiger charge is -2.26. The van der Waals surface area contributed by atoms with E-state index in [2.05, 4.69) is 15.3 Å². The van der Waals surface area contributed by atoms with Crippen LogP contribution < -0.4 is 10.9 Å². The molecule has 0 saturated carbocycles. The number of hydrogen-bond donors (Lipinski definition) is 1. The van der Waals surface area contributed by atoms with E-state index < -0.39 is 0 Å². The fourth-order valence-electron chi connectivity index (χ4n) is 4.46. The van der Waals surface area contributed by atoms with Gasteiger partial charge in [-0.05, 0) is 44.0 Å². The molecule has 2 aromatic heterocycles. The van der Waals surface area contributed by atoms with Gasteiger partial charge in [-0.1, -0.05) is 6.07 Å². The predicted molar refractivity (Wildman–Crippen MR) is 124 cm³/mol. The van der Waals surface area contributed by atoms with Gasteiger partial charge in [-0.15, -0.1) is 0 Å². The van der Waals surface area contributed by atoms with Crippen LogP contribution in [0.15, 0.2) is 29.1 Å². The summed E-state index contributed by atoms with van der Waals surface area (Å²) >= 11 is 0. The number of pyridine rings is 1. The van der Waals surface area contributed by atoms with Gasteiger partial charge in [0, 0.05) is 50.6 Å². The van der Waals surface area contributed by atoms with E-state index in [1.807, 2.05) is 13.8 Å². The maximum Gasteiger partial charge on any atom is 0.255 e. The molecule has 1 saturated heterocycles. The smallest absolute Gasteiger partial charge is 0.255 e. The second-order valence-corrected chi connectivity index (χ2v) is 8.45. The number of rotatable bonds is 7. The molecule has 1 aromatic carbocycles. The molecule has 0 atom stereocenters. The van der Waals surface area contributed by atoms with E-state index in [0.717, 1.165) is 49.5 Å². The number of fused-ring (bicyclic) bond motifs is 1. The standard InChI is InChI=1S/C24H30FN5O3/c1-16-20(7-8-21(31)26-9-10-29-11-13-33-14-12-29)24(32)28(3)23-22(16)17(2)27-30(23)19-6-4-5-18(25)15-19/h4-6,15H,7-14H2,1-3H3,(H,26,31). The van der Waals surface area contributed by atoms with E-state index in [-0.39, 0.29) is 23.7 Å². The molecule has 1 fully saturated rings. The van der Waals surface area contributed by atoms with Crippen LogP contribution in [0.3, 0.4) is 0 Å². The molecule has 4 rings (SSSR count). The Morgan fingerprint density at radius 2 is 2.00 bits per heavy atom. The number of morpholine rings is 1. The van der Waals surface area contributed by atoms with Crippen molar-refractivity contribution in [3.05, 3.63) is 57.3 Å². The molecule has 9 heteroatoms. The predicted octanol–water partition coefficient (Wildman–Crippen LogP) is 1.86. The summed E-state index contributed by atoms with van der Waals surface area (Å²) in [7, 11) is 1.69. The molecule has 3 aromatic rings. The number of carbonyl (C=O) groups is 1. The molecule has 1 aliphatic rings. The van der Waals surface area contributed by atoms with Gasteiger partial charge in [-0.2, -0.15) is 5.10 Å². The highest BCUT2D eigenvalue weighted by atomic mass is 19.1. The summed E-state index contributed by atoms with van der Waals surface area (Å²) in [5.74, 6) is -0.441. The number of hydrogen-bond acceptors (Lipinski definition) is 5. The molecule has 0 bridgehead atoms. The SMILES string of the molecule is Cc1nn(-c2cccc(F)c2)c2c1c(C)c(CCC(=O)NCCN1CCOCC1)c(=O)n2C. The van der Waals surface area contributed by atoms with Crippen molar-refractivity contribution in [3.63, 3.8) is 0 Å². The lowest BCUT2D eigenvalue weighted by atomic mass is 10.0. The lowest BCUT2D eigenvalue weighted by molar-refractivity contribution is -0.121. The molecule has 8 nitrogen and oxygen atoms in total. The molecule has 0 radical (unpaired) electrons. The fourth-order valence-corrected chi connectivity index (χ4v) is 4.46. The molecular formula is C24H30FN5O3. The molecule has 33 heavy (non-hydrogen) atoms. The van der Waals surface area contributed by atoms with Crippen LogP contribution in [0.5, 0.6) is 0 Å². The molecule has 1 N–H and O–H groups in total. The Bertz CT molecular complexity index is 1230. The summed E-state index contributed by atoms with van der Waals surface area (Å²) < 4.78 is 22.3. The minimum atomic E-state index is -0.369. The molecule has 1 amide bonds. The number of nitrogens with zero attached hydrogens (tertiary/aromatic N) is 4. The first-order valence-electron chi connectivity index (χ1n) is 11.3. The molecular weight excluding hydrogens is 425 g/mol. The lowest BCUT2D eigenvalue weighted by Crippen LogP contribution is -2.41. The maximum absolute atomic E-state index is 13.8. The van der Waals surface area contributed by atoms with Crippen LogP contribution in [0.2, 0.25) is 0 Å². The second kappa shape index (κ2) is 9.84. The highest BCUT2D eigenvalue weighted by Gasteiger charge is 2.20. The Morgan fingerprint density at radius 1 is 1.24 bits per heavy atom. The topological polar surface area (TPSA) is 81.4 Å². The number of carbonyl (C=O) groups excluding carboxylic acids is 1. The van der Waals surface area contributed by atoms with Gasteiger partial charge >= 0.3 is 0 Å². The first-order valence-corrected chi connectivity index (χ1v) is 11.3. The summed E-state index contributed by atoms with van der Waals surface area (Å²) in [6.45, 7) is 8.36. The molecule has 0 unspecified atom stereocenters. The molecule has 1 aliphatic heterocycles. The van der Waals surface area contributed by atoms with Crippen molar-refractivity contribution in [3.8, 4) is 5.69 Å². The number of aromatic nitrogens is 3. The van der Waals surface area contributed by atoms with Crippen molar-refractivity contribution in [2.45, 2.75) is 26.7 Å². The molecule has 176 valence electrons. The van der Waals surface area contributed by atoms with E-state index in [1.165, 1.54) is 12.1 Å². The maximum atomic E-state index is 13.8. The van der Waals surface area contributed by atoms with Crippen molar-refractivity contribution in [1.29, 1.82) is 0 Å². The Kier molecular flexibility index (Phi) is 6.90. The van der Waals surface area contributed by atoms with Gasteiger partial charge in [0.1, 0.15) is 11.5 Å². The Morgan fingerprint density at radius 3 is 2.73 bits per heavy atom. The van der Waals surface area contributed by atoms with E-state index >= 15 is 0 Å². The van der Waals surface area contributed by atoms with Crippen LogP contribution in [-0.2, 0) is 23.0 Å². The number of ether oxygens (including phenoxy) is 1. The zero-order chi connectivity index (χ0) is 23.5. The third-order valence-electron chi connectivity index (χ3n) is 6.25. The normalized spacial score (nSPS) is 14.7. The molecule has 0 spiro atoms. The first-order chi connectivity index (χ1) is 15.9. The average molecular weight is 456 g/mol. The van der Waals surface area contributed by atoms with Crippen molar-refractivity contribution < 1.29 is 13.9 Å². The van der Waals surface area contributed by atoms with Crippen molar-refractivity contribution in [1.82, 2.24) is 24.6 Å². The number of amides is 1. The zero-order valence-corrected chi connectivity index (χ0v) is 19.4. The fraction of sp³-hybridized carbons (Fsp3) is 0.458.